The van der Waals surface area contributed by atoms with Crippen molar-refractivity contribution in [1.82, 2.24) is 5.32 Å². The first-order chi connectivity index (χ1) is 10.1. The smallest absolute Gasteiger partial charge is 0.325 e. The minimum atomic E-state index is -0.816. The lowest BCUT2D eigenvalue weighted by molar-refractivity contribution is -0.140. The molecule has 0 aromatic heterocycles. The minimum Gasteiger partial charge on any atom is -0.496 e. The summed E-state index contributed by atoms with van der Waals surface area (Å²) in [6, 6.07) is 5.25. The number of rotatable bonds is 5. The second-order valence-corrected chi connectivity index (χ2v) is 5.86. The number of hydrogen-bond donors (Lipinski definition) is 2. The topological polar surface area (TPSA) is 58.6 Å². The number of hydrogen-bond acceptors (Lipinski definition) is 3. The summed E-state index contributed by atoms with van der Waals surface area (Å²) in [7, 11) is 1.63. The van der Waals surface area contributed by atoms with Crippen LogP contribution in [-0.4, -0.2) is 24.2 Å². The number of ether oxygens (including phenoxy) is 1. The van der Waals surface area contributed by atoms with Gasteiger partial charge in [0.15, 0.2) is 0 Å². The van der Waals surface area contributed by atoms with E-state index in [-0.39, 0.29) is 0 Å². The molecule has 1 saturated carbocycles. The van der Waals surface area contributed by atoms with Crippen molar-refractivity contribution in [2.24, 2.45) is 0 Å². The second kappa shape index (κ2) is 7.46. The number of nitrogens with one attached hydrogen (secondary N) is 1. The number of aliphatic carboxylic acids is 1. The molecule has 1 aliphatic carbocycles. The van der Waals surface area contributed by atoms with Gasteiger partial charge in [-0.15, -0.1) is 0 Å². The molecule has 1 aromatic rings. The van der Waals surface area contributed by atoms with Gasteiger partial charge in [-0.25, -0.2) is 0 Å². The average Bonchev–Trinajstić information content (AvgIpc) is 2.73. The van der Waals surface area contributed by atoms with Gasteiger partial charge < -0.3 is 9.84 Å². The van der Waals surface area contributed by atoms with Crippen molar-refractivity contribution in [3.63, 3.8) is 0 Å². The lowest BCUT2D eigenvalue weighted by Gasteiger charge is -2.23. The van der Waals surface area contributed by atoms with Crippen LogP contribution in [0, 0.1) is 6.92 Å². The first kappa shape index (κ1) is 15.8. The maximum absolute atomic E-state index is 11.6. The molecular formula is C17H25NO3. The molecule has 1 fully saturated rings. The Morgan fingerprint density at radius 1 is 1.29 bits per heavy atom. The maximum atomic E-state index is 11.6. The molecule has 21 heavy (non-hydrogen) atoms. The highest BCUT2D eigenvalue weighted by atomic mass is 16.5. The van der Waals surface area contributed by atoms with Crippen LogP contribution in [0.3, 0.4) is 0 Å². The third-order valence-electron chi connectivity index (χ3n) is 4.26. The SMILES string of the molecule is COc1ccc(C(NC2CCCCCC2)C(=O)O)cc1C. The highest BCUT2D eigenvalue weighted by Gasteiger charge is 2.24. The fourth-order valence-corrected chi connectivity index (χ4v) is 3.07. The van der Waals surface area contributed by atoms with E-state index in [0.29, 0.717) is 6.04 Å². The third kappa shape index (κ3) is 4.21. The molecule has 0 spiro atoms. The summed E-state index contributed by atoms with van der Waals surface area (Å²) in [5.74, 6) is -0.0267. The summed E-state index contributed by atoms with van der Waals surface area (Å²) in [5.41, 5.74) is 1.76. The molecule has 4 nitrogen and oxygen atoms in total. The van der Waals surface area contributed by atoms with E-state index in [1.54, 1.807) is 7.11 Å². The van der Waals surface area contributed by atoms with Crippen LogP contribution in [0.15, 0.2) is 18.2 Å². The summed E-state index contributed by atoms with van der Waals surface area (Å²) in [5, 5.41) is 12.9. The van der Waals surface area contributed by atoms with Gasteiger partial charge >= 0.3 is 5.97 Å². The normalized spacial score (nSPS) is 18.0. The zero-order chi connectivity index (χ0) is 15.2. The van der Waals surface area contributed by atoms with E-state index in [2.05, 4.69) is 5.32 Å². The third-order valence-corrected chi connectivity index (χ3v) is 4.26. The molecule has 0 saturated heterocycles. The maximum Gasteiger partial charge on any atom is 0.325 e. The predicted octanol–water partition coefficient (Wildman–Crippen LogP) is 3.44. The quantitative estimate of drug-likeness (QED) is 0.816. The molecule has 1 atom stereocenters. The molecule has 1 unspecified atom stereocenters. The van der Waals surface area contributed by atoms with Crippen molar-refractivity contribution in [1.29, 1.82) is 0 Å². The van der Waals surface area contributed by atoms with E-state index in [0.717, 1.165) is 29.7 Å². The number of carboxylic acids is 1. The van der Waals surface area contributed by atoms with E-state index in [4.69, 9.17) is 4.74 Å². The van der Waals surface area contributed by atoms with Crippen LogP contribution in [-0.2, 0) is 4.79 Å². The van der Waals surface area contributed by atoms with E-state index in [1.807, 2.05) is 25.1 Å². The van der Waals surface area contributed by atoms with Gasteiger partial charge in [0.05, 0.1) is 7.11 Å². The molecule has 0 amide bonds. The van der Waals surface area contributed by atoms with Gasteiger partial charge in [0.1, 0.15) is 11.8 Å². The van der Waals surface area contributed by atoms with Crippen molar-refractivity contribution >= 4 is 5.97 Å². The number of carboxylic acid groups (broad SMARTS) is 1. The fraction of sp³-hybridized carbons (Fsp3) is 0.588. The predicted molar refractivity (Wildman–Crippen MR) is 82.7 cm³/mol. The Balaban J connectivity index is 2.14. The Morgan fingerprint density at radius 2 is 1.95 bits per heavy atom. The van der Waals surface area contributed by atoms with Gasteiger partial charge in [-0.05, 0) is 37.0 Å². The van der Waals surface area contributed by atoms with Crippen LogP contribution in [0.2, 0.25) is 0 Å². The molecule has 0 aliphatic heterocycles. The van der Waals surface area contributed by atoms with Gasteiger partial charge in [0.25, 0.3) is 0 Å². The number of aryl methyl sites for hydroxylation is 1. The van der Waals surface area contributed by atoms with Crippen molar-refractivity contribution < 1.29 is 14.6 Å². The Labute approximate surface area is 126 Å². The Bertz CT molecular complexity index is 479. The number of carbonyl (C=O) groups is 1. The second-order valence-electron chi connectivity index (χ2n) is 5.86. The van der Waals surface area contributed by atoms with E-state index >= 15 is 0 Å². The van der Waals surface area contributed by atoms with Crippen LogP contribution < -0.4 is 10.1 Å². The van der Waals surface area contributed by atoms with Crippen molar-refractivity contribution in [2.45, 2.75) is 57.5 Å². The summed E-state index contributed by atoms with van der Waals surface area (Å²) >= 11 is 0. The van der Waals surface area contributed by atoms with E-state index in [9.17, 15) is 9.90 Å². The molecule has 1 aromatic carbocycles. The molecule has 0 bridgehead atoms. The Morgan fingerprint density at radius 3 is 2.48 bits per heavy atom. The Hall–Kier alpha value is -1.55. The Kier molecular flexibility index (Phi) is 5.62. The zero-order valence-electron chi connectivity index (χ0n) is 12.9. The van der Waals surface area contributed by atoms with Crippen molar-refractivity contribution in [3.05, 3.63) is 29.3 Å². The molecule has 0 radical (unpaired) electrons. The molecule has 0 heterocycles. The highest BCUT2D eigenvalue weighted by molar-refractivity contribution is 5.75. The number of benzene rings is 1. The largest absolute Gasteiger partial charge is 0.496 e. The van der Waals surface area contributed by atoms with Crippen LogP contribution >= 0.6 is 0 Å². The van der Waals surface area contributed by atoms with Crippen molar-refractivity contribution in [2.75, 3.05) is 7.11 Å². The summed E-state index contributed by atoms with van der Waals surface area (Å²) in [4.78, 5) is 11.6. The molecule has 4 heteroatoms. The van der Waals surface area contributed by atoms with E-state index in [1.165, 1.54) is 25.7 Å². The van der Waals surface area contributed by atoms with Crippen molar-refractivity contribution in [3.8, 4) is 5.75 Å². The minimum absolute atomic E-state index is 0.302. The first-order valence-corrected chi connectivity index (χ1v) is 7.75. The standard InChI is InChI=1S/C17H25NO3/c1-12-11-13(9-10-15(12)21-2)16(17(19)20)18-14-7-5-3-4-6-8-14/h9-11,14,16,18H,3-8H2,1-2H3,(H,19,20). The summed E-state index contributed by atoms with van der Waals surface area (Å²) < 4.78 is 5.24. The van der Waals surface area contributed by atoms with Crippen LogP contribution in [0.1, 0.15) is 55.7 Å². The lowest BCUT2D eigenvalue weighted by Crippen LogP contribution is -2.36. The molecule has 1 aliphatic rings. The van der Waals surface area contributed by atoms with Gasteiger partial charge in [0, 0.05) is 6.04 Å². The highest BCUT2D eigenvalue weighted by Crippen LogP contribution is 2.25. The van der Waals surface area contributed by atoms with E-state index < -0.39 is 12.0 Å². The monoisotopic (exact) mass is 291 g/mol. The van der Waals surface area contributed by atoms with Gasteiger partial charge in [0.2, 0.25) is 0 Å². The first-order valence-electron chi connectivity index (χ1n) is 7.75. The summed E-state index contributed by atoms with van der Waals surface area (Å²) in [6.45, 7) is 1.94. The molecule has 116 valence electrons. The van der Waals surface area contributed by atoms with Gasteiger partial charge in [-0.1, -0.05) is 37.8 Å². The summed E-state index contributed by atoms with van der Waals surface area (Å²) in [6.07, 6.45) is 7.03. The lowest BCUT2D eigenvalue weighted by atomic mass is 10.0. The van der Waals surface area contributed by atoms with Gasteiger partial charge in [-0.3, -0.25) is 10.1 Å². The van der Waals surface area contributed by atoms with Crippen LogP contribution in [0.25, 0.3) is 0 Å². The zero-order valence-corrected chi connectivity index (χ0v) is 12.9. The van der Waals surface area contributed by atoms with Crippen LogP contribution in [0.4, 0.5) is 0 Å². The van der Waals surface area contributed by atoms with Crippen LogP contribution in [0.5, 0.6) is 5.75 Å². The molecule has 2 N–H and O–H groups in total. The fourth-order valence-electron chi connectivity index (χ4n) is 3.07. The van der Waals surface area contributed by atoms with Gasteiger partial charge in [-0.2, -0.15) is 0 Å². The molecular weight excluding hydrogens is 266 g/mol. The number of methoxy groups -OCH3 is 1. The average molecular weight is 291 g/mol. The molecule has 2 rings (SSSR count).